The van der Waals surface area contributed by atoms with Gasteiger partial charge in [-0.05, 0) is 66.5 Å². The van der Waals surface area contributed by atoms with Crippen LogP contribution in [0, 0.1) is 16.2 Å². The van der Waals surface area contributed by atoms with Crippen LogP contribution in [0.2, 0.25) is 0 Å². The highest BCUT2D eigenvalue weighted by molar-refractivity contribution is 7.47. The zero-order chi connectivity index (χ0) is 35.2. The first-order valence-electron chi connectivity index (χ1n) is 17.6. The molecule has 1 aliphatic rings. The van der Waals surface area contributed by atoms with Crippen molar-refractivity contribution in [1.29, 1.82) is 0 Å². The third kappa shape index (κ3) is 8.79. The van der Waals surface area contributed by atoms with Crippen molar-refractivity contribution in [2.24, 2.45) is 26.2 Å². The molecule has 0 spiro atoms. The Morgan fingerprint density at radius 3 is 1.29 bits per heavy atom. The molecule has 0 saturated heterocycles. The topological polar surface area (TPSA) is 63.4 Å². The molecule has 3 unspecified atom stereocenters. The van der Waals surface area contributed by atoms with E-state index in [4.69, 9.17) is 24.9 Å². The Bertz CT molecular complexity index is 1970. The van der Waals surface area contributed by atoms with E-state index in [2.05, 4.69) is 124 Å². The Morgan fingerprint density at radius 2 is 0.922 bits per heavy atom. The van der Waals surface area contributed by atoms with Crippen molar-refractivity contribution in [3.63, 3.8) is 0 Å². The molecule has 0 radical (unpaired) electrons. The van der Waals surface area contributed by atoms with Crippen LogP contribution in [0.4, 0.5) is 11.4 Å². The summed E-state index contributed by atoms with van der Waals surface area (Å²) in [4.78, 5) is 24.3. The molecule has 0 N–H and O–H groups in total. The minimum Gasteiger partial charge on any atom is -0.259 e. The van der Waals surface area contributed by atoms with E-state index in [9.17, 15) is 0 Å². The van der Waals surface area contributed by atoms with E-state index in [1.165, 1.54) is 5.30 Å². The minimum absolute atomic E-state index is 0.0706. The minimum atomic E-state index is -0.138. The second kappa shape index (κ2) is 15.0. The third-order valence-corrected chi connectivity index (χ3v) is 11.4. The molecule has 5 nitrogen and oxygen atoms in total. The van der Waals surface area contributed by atoms with Crippen molar-refractivity contribution >= 4 is 37.7 Å². The molecule has 1 saturated carbocycles. The number of benzene rings is 3. The maximum Gasteiger partial charge on any atom is 0.0809 e. The maximum absolute atomic E-state index is 5.03. The highest BCUT2D eigenvalue weighted by Crippen LogP contribution is 2.55. The molecule has 3 aromatic heterocycles. The fourth-order valence-corrected chi connectivity index (χ4v) is 9.14. The van der Waals surface area contributed by atoms with Gasteiger partial charge in [-0.25, -0.2) is 0 Å². The van der Waals surface area contributed by atoms with Crippen LogP contribution < -0.4 is 5.30 Å². The van der Waals surface area contributed by atoms with Crippen LogP contribution in [-0.4, -0.2) is 33.5 Å². The van der Waals surface area contributed by atoms with Crippen LogP contribution in [0.5, 0.6) is 0 Å². The predicted octanol–water partition coefficient (Wildman–Crippen LogP) is 11.2. The molecule has 0 amide bonds. The number of aliphatic imine (C=N–C) groups is 2. The first kappa shape index (κ1) is 34.3. The summed E-state index contributed by atoms with van der Waals surface area (Å²) < 4.78 is 0. The van der Waals surface area contributed by atoms with Crippen LogP contribution in [-0.2, 0) is 0 Å². The molecule has 3 aromatic carbocycles. The smallest absolute Gasteiger partial charge is 0.0809 e. The van der Waals surface area contributed by atoms with Gasteiger partial charge in [0, 0.05) is 46.1 Å². The number of hydrogen-bond acceptors (Lipinski definition) is 5. The van der Waals surface area contributed by atoms with Gasteiger partial charge in [0.2, 0.25) is 0 Å². The van der Waals surface area contributed by atoms with E-state index in [-0.39, 0.29) is 16.2 Å². The van der Waals surface area contributed by atoms with E-state index in [1.54, 1.807) is 0 Å². The molecular weight excluding hydrogens is 642 g/mol. The maximum atomic E-state index is 5.03. The van der Waals surface area contributed by atoms with E-state index >= 15 is 0 Å². The molecule has 6 aromatic rings. The summed E-state index contributed by atoms with van der Waals surface area (Å²) in [5, 5.41) is 1.29. The third-order valence-electron chi connectivity index (χ3n) is 9.71. The Hall–Kier alpha value is -5.12. The SMILES string of the molecule is CC1(/C=N\c2ccc(-c3ccccc3)nc2)CC(C)(/C=N\c2ccc(-c3ccccc3)nc2)CC(C)(CPc2ccc(-c3ccccc3)nc2)C1. The van der Waals surface area contributed by atoms with Gasteiger partial charge in [0.15, 0.2) is 0 Å². The summed E-state index contributed by atoms with van der Waals surface area (Å²) in [5.74, 6) is 0. The molecule has 254 valence electrons. The predicted molar refractivity (Wildman–Crippen MR) is 216 cm³/mol. The van der Waals surface area contributed by atoms with E-state index in [0.29, 0.717) is 8.58 Å². The number of nitrogens with zero attached hydrogens (tertiary/aromatic N) is 5. The van der Waals surface area contributed by atoms with Crippen molar-refractivity contribution in [3.05, 3.63) is 146 Å². The van der Waals surface area contributed by atoms with Gasteiger partial charge in [-0.15, -0.1) is 0 Å². The van der Waals surface area contributed by atoms with Gasteiger partial charge in [0.05, 0.1) is 40.9 Å². The Labute approximate surface area is 303 Å². The summed E-state index contributed by atoms with van der Waals surface area (Å²) >= 11 is 0. The number of rotatable bonds is 10. The summed E-state index contributed by atoms with van der Waals surface area (Å²) in [7, 11) is 0.660. The zero-order valence-electron chi connectivity index (χ0n) is 29.6. The summed E-state index contributed by atoms with van der Waals surface area (Å²) in [6.45, 7) is 7.18. The lowest BCUT2D eigenvalue weighted by Gasteiger charge is -2.50. The Kier molecular flexibility index (Phi) is 10.1. The van der Waals surface area contributed by atoms with Gasteiger partial charge in [0.25, 0.3) is 0 Å². The quantitative estimate of drug-likeness (QED) is 0.106. The van der Waals surface area contributed by atoms with Gasteiger partial charge in [-0.2, -0.15) is 0 Å². The van der Waals surface area contributed by atoms with Gasteiger partial charge >= 0.3 is 0 Å². The normalized spacial score (nSPS) is 22.3. The molecule has 6 heteroatoms. The van der Waals surface area contributed by atoms with Crippen LogP contribution in [0.1, 0.15) is 40.0 Å². The van der Waals surface area contributed by atoms with Crippen molar-refractivity contribution in [2.45, 2.75) is 40.0 Å². The lowest BCUT2D eigenvalue weighted by Crippen LogP contribution is -2.45. The summed E-state index contributed by atoms with van der Waals surface area (Å²) in [5.41, 5.74) is 7.81. The monoisotopic (exact) mass is 685 g/mol. The van der Waals surface area contributed by atoms with Crippen molar-refractivity contribution in [3.8, 4) is 33.8 Å². The fraction of sp³-hybridized carbons (Fsp3) is 0.222. The first-order chi connectivity index (χ1) is 24.8. The molecule has 3 heterocycles. The first-order valence-corrected chi connectivity index (χ1v) is 18.9. The second-order valence-corrected chi connectivity index (χ2v) is 16.1. The highest BCUT2D eigenvalue weighted by atomic mass is 31.1. The Morgan fingerprint density at radius 1 is 0.510 bits per heavy atom. The van der Waals surface area contributed by atoms with Gasteiger partial charge in [-0.1, -0.05) is 126 Å². The van der Waals surface area contributed by atoms with Crippen molar-refractivity contribution in [1.82, 2.24) is 15.0 Å². The zero-order valence-corrected chi connectivity index (χ0v) is 30.6. The van der Waals surface area contributed by atoms with Crippen molar-refractivity contribution < 1.29 is 0 Å². The fourth-order valence-electron chi connectivity index (χ4n) is 7.91. The van der Waals surface area contributed by atoms with Crippen LogP contribution >= 0.6 is 8.58 Å². The molecule has 1 aliphatic carbocycles. The van der Waals surface area contributed by atoms with Crippen LogP contribution in [0.15, 0.2) is 156 Å². The summed E-state index contributed by atoms with van der Waals surface area (Å²) in [6, 6.07) is 43.6. The number of pyridine rings is 3. The molecule has 0 bridgehead atoms. The average molecular weight is 686 g/mol. The Balaban J connectivity index is 1.12. The van der Waals surface area contributed by atoms with Gasteiger partial charge < -0.3 is 0 Å². The highest BCUT2D eigenvalue weighted by Gasteiger charge is 2.47. The van der Waals surface area contributed by atoms with Gasteiger partial charge in [-0.3, -0.25) is 24.9 Å². The van der Waals surface area contributed by atoms with Gasteiger partial charge in [0.1, 0.15) is 0 Å². The molecule has 51 heavy (non-hydrogen) atoms. The molecule has 1 fully saturated rings. The van der Waals surface area contributed by atoms with E-state index < -0.39 is 0 Å². The average Bonchev–Trinajstić information content (AvgIpc) is 3.17. The number of aromatic nitrogens is 3. The van der Waals surface area contributed by atoms with Crippen LogP contribution in [0.3, 0.4) is 0 Å². The second-order valence-electron chi connectivity index (χ2n) is 14.9. The molecule has 3 atom stereocenters. The largest absolute Gasteiger partial charge is 0.259 e. The van der Waals surface area contributed by atoms with Crippen LogP contribution in [0.25, 0.3) is 33.8 Å². The summed E-state index contributed by atoms with van der Waals surface area (Å²) in [6.07, 6.45) is 14.3. The lowest BCUT2D eigenvalue weighted by molar-refractivity contribution is 0.0862. The lowest BCUT2D eigenvalue weighted by atomic mass is 9.55. The molecule has 0 aliphatic heterocycles. The molecule has 7 rings (SSSR count). The standard InChI is InChI=1S/C45H44N5P/c1-43(31-49-37-19-22-40(46-25-37)34-13-7-4-8-14-34)28-44(2,32-50-38-20-23-41(47-26-38)35-15-9-5-10-16-35)30-45(3,29-43)33-51-39-21-24-42(48-27-39)36-17-11-6-12-18-36/h4-27,31-32,51H,28-30,33H2,1-3H3/b49-31-,50-32-. The molecular formula is C45H44N5P. The number of hydrogen-bond donors (Lipinski definition) is 0. The van der Waals surface area contributed by atoms with E-state index in [1.807, 2.05) is 54.9 Å². The van der Waals surface area contributed by atoms with Crippen molar-refractivity contribution in [2.75, 3.05) is 6.16 Å². The van der Waals surface area contributed by atoms with E-state index in [0.717, 1.165) is 70.6 Å².